The van der Waals surface area contributed by atoms with Gasteiger partial charge in [-0.25, -0.2) is 4.98 Å². The molecule has 142 valence electrons. The van der Waals surface area contributed by atoms with E-state index in [1.165, 1.54) is 12.8 Å². The van der Waals surface area contributed by atoms with Crippen LogP contribution in [0, 0.1) is 5.92 Å². The van der Waals surface area contributed by atoms with Gasteiger partial charge in [-0.05, 0) is 50.3 Å². The van der Waals surface area contributed by atoms with E-state index in [2.05, 4.69) is 11.6 Å². The van der Waals surface area contributed by atoms with E-state index in [-0.39, 0.29) is 17.7 Å². The summed E-state index contributed by atoms with van der Waals surface area (Å²) >= 11 is 0. The highest BCUT2D eigenvalue weighted by atomic mass is 16.2. The van der Waals surface area contributed by atoms with Gasteiger partial charge in [0.25, 0.3) is 5.91 Å². The number of aromatic nitrogens is 2. The van der Waals surface area contributed by atoms with Crippen LogP contribution >= 0.6 is 0 Å². The molecule has 6 nitrogen and oxygen atoms in total. The Hall–Kier alpha value is -2.37. The average Bonchev–Trinajstić information content (AvgIpc) is 3.58. The SMILES string of the molecule is Cn1c(C2CC2)nc2cc(C(=O)N3CCCN(C(=O)C4CC4)CC3)ccc21. The van der Waals surface area contributed by atoms with E-state index < -0.39 is 0 Å². The lowest BCUT2D eigenvalue weighted by atomic mass is 10.1. The number of benzene rings is 1. The molecule has 1 saturated heterocycles. The minimum atomic E-state index is 0.0521. The third-order valence-electron chi connectivity index (χ3n) is 6.13. The third-order valence-corrected chi connectivity index (χ3v) is 6.13. The predicted octanol–water partition coefficient (Wildman–Crippen LogP) is 2.54. The van der Waals surface area contributed by atoms with Crippen LogP contribution in [0.15, 0.2) is 18.2 Å². The molecule has 0 unspecified atom stereocenters. The van der Waals surface area contributed by atoms with E-state index in [9.17, 15) is 9.59 Å². The molecule has 2 saturated carbocycles. The lowest BCUT2D eigenvalue weighted by Gasteiger charge is -2.22. The maximum absolute atomic E-state index is 13.0. The van der Waals surface area contributed by atoms with Crippen LogP contribution in [0.1, 0.15) is 54.2 Å². The maximum Gasteiger partial charge on any atom is 0.253 e. The molecule has 2 aliphatic carbocycles. The molecule has 3 aliphatic rings. The summed E-state index contributed by atoms with van der Waals surface area (Å²) in [6, 6.07) is 5.87. The molecule has 5 rings (SSSR count). The molecule has 3 fully saturated rings. The number of amides is 2. The molecule has 0 bridgehead atoms. The average molecular weight is 366 g/mol. The smallest absolute Gasteiger partial charge is 0.253 e. The highest BCUT2D eigenvalue weighted by Gasteiger charge is 2.34. The molecule has 1 aromatic heterocycles. The van der Waals surface area contributed by atoms with Crippen LogP contribution < -0.4 is 0 Å². The van der Waals surface area contributed by atoms with E-state index in [1.54, 1.807) is 0 Å². The molecule has 6 heteroatoms. The first-order valence-corrected chi connectivity index (χ1v) is 10.2. The van der Waals surface area contributed by atoms with Crippen molar-refractivity contribution in [1.82, 2.24) is 19.4 Å². The minimum absolute atomic E-state index is 0.0521. The van der Waals surface area contributed by atoms with Crippen molar-refractivity contribution in [2.75, 3.05) is 26.2 Å². The first-order valence-electron chi connectivity index (χ1n) is 10.2. The predicted molar refractivity (Wildman–Crippen MR) is 103 cm³/mol. The molecule has 0 N–H and O–H groups in total. The van der Waals surface area contributed by atoms with Gasteiger partial charge < -0.3 is 14.4 Å². The number of rotatable bonds is 3. The Balaban J connectivity index is 1.33. The summed E-state index contributed by atoms with van der Waals surface area (Å²) in [5.41, 5.74) is 2.70. The number of aryl methyl sites for hydroxylation is 1. The maximum atomic E-state index is 13.0. The summed E-state index contributed by atoms with van der Waals surface area (Å²) in [5, 5.41) is 0. The number of fused-ring (bicyclic) bond motifs is 1. The number of hydrogen-bond donors (Lipinski definition) is 0. The number of imidazole rings is 1. The lowest BCUT2D eigenvalue weighted by molar-refractivity contribution is -0.132. The number of carbonyl (C=O) groups excluding carboxylic acids is 2. The summed E-state index contributed by atoms with van der Waals surface area (Å²) in [7, 11) is 2.06. The first kappa shape index (κ1) is 16.8. The van der Waals surface area contributed by atoms with Gasteiger partial charge in [-0.3, -0.25) is 9.59 Å². The standard InChI is InChI=1S/C21H26N4O2/c1-23-18-8-7-16(13-17(18)22-19(23)14-3-4-14)21(27)25-10-2-9-24(11-12-25)20(26)15-5-6-15/h7-8,13-15H,2-6,9-12H2,1H3. The summed E-state index contributed by atoms with van der Waals surface area (Å²) < 4.78 is 2.16. The highest BCUT2D eigenvalue weighted by Crippen LogP contribution is 2.40. The van der Waals surface area contributed by atoms with Crippen molar-refractivity contribution < 1.29 is 9.59 Å². The summed E-state index contributed by atoms with van der Waals surface area (Å²) in [4.78, 5) is 34.0. The molecule has 2 aromatic rings. The van der Waals surface area contributed by atoms with E-state index in [4.69, 9.17) is 4.98 Å². The molecule has 0 atom stereocenters. The molecule has 1 aromatic carbocycles. The van der Waals surface area contributed by atoms with Crippen molar-refractivity contribution in [3.8, 4) is 0 Å². The Morgan fingerprint density at radius 2 is 1.74 bits per heavy atom. The highest BCUT2D eigenvalue weighted by molar-refractivity contribution is 5.97. The Morgan fingerprint density at radius 1 is 1.00 bits per heavy atom. The Labute approximate surface area is 159 Å². The van der Waals surface area contributed by atoms with Gasteiger partial charge in [0, 0.05) is 50.6 Å². The number of nitrogens with zero attached hydrogens (tertiary/aromatic N) is 4. The summed E-state index contributed by atoms with van der Waals surface area (Å²) in [5.74, 6) is 2.31. The second-order valence-electron chi connectivity index (χ2n) is 8.25. The van der Waals surface area contributed by atoms with Crippen LogP contribution in [0.25, 0.3) is 11.0 Å². The molecule has 2 heterocycles. The van der Waals surface area contributed by atoms with Gasteiger partial charge >= 0.3 is 0 Å². The molecule has 0 radical (unpaired) electrons. The van der Waals surface area contributed by atoms with Gasteiger partial charge in [0.1, 0.15) is 5.82 Å². The van der Waals surface area contributed by atoms with Gasteiger partial charge in [0.05, 0.1) is 11.0 Å². The Kier molecular flexibility index (Phi) is 3.95. The van der Waals surface area contributed by atoms with Gasteiger partial charge in [0.2, 0.25) is 5.91 Å². The molecule has 0 spiro atoms. The van der Waals surface area contributed by atoms with Gasteiger partial charge in [0.15, 0.2) is 0 Å². The first-order chi connectivity index (χ1) is 13.1. The number of hydrogen-bond acceptors (Lipinski definition) is 3. The lowest BCUT2D eigenvalue weighted by Crippen LogP contribution is -2.37. The minimum Gasteiger partial charge on any atom is -0.341 e. The van der Waals surface area contributed by atoms with Crippen molar-refractivity contribution in [3.63, 3.8) is 0 Å². The van der Waals surface area contributed by atoms with Crippen LogP contribution in [0.2, 0.25) is 0 Å². The third kappa shape index (κ3) is 3.11. The molecule has 27 heavy (non-hydrogen) atoms. The van der Waals surface area contributed by atoms with Crippen molar-refractivity contribution >= 4 is 22.8 Å². The molecule has 1 aliphatic heterocycles. The Bertz CT molecular complexity index is 910. The second-order valence-corrected chi connectivity index (χ2v) is 8.25. The van der Waals surface area contributed by atoms with Crippen molar-refractivity contribution in [3.05, 3.63) is 29.6 Å². The van der Waals surface area contributed by atoms with Crippen molar-refractivity contribution in [2.45, 2.75) is 38.0 Å². The van der Waals surface area contributed by atoms with E-state index in [1.807, 2.05) is 28.0 Å². The topological polar surface area (TPSA) is 58.4 Å². The van der Waals surface area contributed by atoms with Crippen molar-refractivity contribution in [1.29, 1.82) is 0 Å². The van der Waals surface area contributed by atoms with Crippen LogP contribution in [0.3, 0.4) is 0 Å². The van der Waals surface area contributed by atoms with Crippen molar-refractivity contribution in [2.24, 2.45) is 13.0 Å². The van der Waals surface area contributed by atoms with Gasteiger partial charge in [-0.15, -0.1) is 0 Å². The fourth-order valence-corrected chi connectivity index (χ4v) is 4.17. The largest absolute Gasteiger partial charge is 0.341 e. The summed E-state index contributed by atoms with van der Waals surface area (Å²) in [6.45, 7) is 2.74. The zero-order chi connectivity index (χ0) is 18.5. The van der Waals surface area contributed by atoms with Gasteiger partial charge in [-0.1, -0.05) is 0 Å². The monoisotopic (exact) mass is 366 g/mol. The number of carbonyl (C=O) groups is 2. The van der Waals surface area contributed by atoms with Gasteiger partial charge in [-0.2, -0.15) is 0 Å². The molecular weight excluding hydrogens is 340 g/mol. The normalized spacial score (nSPS) is 20.8. The Morgan fingerprint density at radius 3 is 2.48 bits per heavy atom. The molecule has 2 amide bonds. The van der Waals surface area contributed by atoms with Crippen LogP contribution in [0.4, 0.5) is 0 Å². The van der Waals surface area contributed by atoms with Crippen LogP contribution in [0.5, 0.6) is 0 Å². The second kappa shape index (κ2) is 6.36. The molecular formula is C21H26N4O2. The fourth-order valence-electron chi connectivity index (χ4n) is 4.17. The quantitative estimate of drug-likeness (QED) is 0.839. The van der Waals surface area contributed by atoms with E-state index in [0.29, 0.717) is 31.1 Å². The van der Waals surface area contributed by atoms with Crippen LogP contribution in [-0.2, 0) is 11.8 Å². The zero-order valence-electron chi connectivity index (χ0n) is 15.9. The van der Waals surface area contributed by atoms with Crippen LogP contribution in [-0.4, -0.2) is 57.3 Å². The van der Waals surface area contributed by atoms with E-state index in [0.717, 1.165) is 42.7 Å². The van der Waals surface area contributed by atoms with E-state index >= 15 is 0 Å². The summed E-state index contributed by atoms with van der Waals surface area (Å²) in [6.07, 6.45) is 5.34. The zero-order valence-corrected chi connectivity index (χ0v) is 15.9. The fraction of sp³-hybridized carbons (Fsp3) is 0.571.